The Balaban J connectivity index is 1.81. The first-order valence-corrected chi connectivity index (χ1v) is 9.38. The lowest BCUT2D eigenvalue weighted by atomic mass is 9.91. The third-order valence-electron chi connectivity index (χ3n) is 4.19. The molecule has 0 aromatic heterocycles. The van der Waals surface area contributed by atoms with E-state index in [2.05, 4.69) is 26.5 Å². The molecule has 3 aromatic carbocycles. The van der Waals surface area contributed by atoms with Crippen LogP contribution in [0.5, 0.6) is 11.5 Å². The van der Waals surface area contributed by atoms with Gasteiger partial charge in [-0.25, -0.2) is 5.43 Å². The molecule has 142 valence electrons. The summed E-state index contributed by atoms with van der Waals surface area (Å²) in [4.78, 5) is 12.9. The van der Waals surface area contributed by atoms with Crippen LogP contribution in [-0.2, 0) is 4.79 Å². The maximum absolute atomic E-state index is 12.9. The highest BCUT2D eigenvalue weighted by Gasteiger charge is 2.22. The second kappa shape index (κ2) is 9.19. The number of rotatable bonds is 6. The van der Waals surface area contributed by atoms with Gasteiger partial charge < -0.3 is 9.84 Å². The molecule has 1 amide bonds. The Kier molecular flexibility index (Phi) is 6.45. The Labute approximate surface area is 171 Å². The van der Waals surface area contributed by atoms with Gasteiger partial charge in [0, 0.05) is 0 Å². The lowest BCUT2D eigenvalue weighted by Crippen LogP contribution is -2.26. The van der Waals surface area contributed by atoms with Crippen LogP contribution in [0.1, 0.15) is 22.6 Å². The zero-order chi connectivity index (χ0) is 19.9. The number of aromatic hydroxyl groups is 1. The molecule has 0 bridgehead atoms. The summed E-state index contributed by atoms with van der Waals surface area (Å²) in [5.74, 6) is -0.385. The summed E-state index contributed by atoms with van der Waals surface area (Å²) in [5.41, 5.74) is 5.05. The number of ether oxygens (including phenoxy) is 1. The summed E-state index contributed by atoms with van der Waals surface area (Å²) < 4.78 is 5.60. The number of phenolic OH excluding ortho intramolecular Hbond substituents is 1. The van der Waals surface area contributed by atoms with E-state index in [4.69, 9.17) is 4.74 Å². The van der Waals surface area contributed by atoms with Crippen LogP contribution in [-0.4, -0.2) is 24.3 Å². The van der Waals surface area contributed by atoms with Crippen LogP contribution in [0.3, 0.4) is 0 Å². The zero-order valence-electron chi connectivity index (χ0n) is 15.2. The first kappa shape index (κ1) is 19.6. The Hall–Kier alpha value is -3.12. The molecule has 0 atom stereocenters. The average Bonchev–Trinajstić information content (AvgIpc) is 2.72. The van der Waals surface area contributed by atoms with E-state index in [1.807, 2.05) is 60.7 Å². The molecule has 0 heterocycles. The van der Waals surface area contributed by atoms with Gasteiger partial charge in [-0.1, -0.05) is 60.7 Å². The highest BCUT2D eigenvalue weighted by molar-refractivity contribution is 9.10. The molecular formula is C22H19BrN2O3. The fourth-order valence-electron chi connectivity index (χ4n) is 2.85. The van der Waals surface area contributed by atoms with Gasteiger partial charge in [0.05, 0.1) is 23.7 Å². The maximum atomic E-state index is 12.9. The van der Waals surface area contributed by atoms with Gasteiger partial charge in [0.25, 0.3) is 5.91 Å². The van der Waals surface area contributed by atoms with Gasteiger partial charge in [0.1, 0.15) is 0 Å². The van der Waals surface area contributed by atoms with Crippen molar-refractivity contribution < 1.29 is 14.6 Å². The maximum Gasteiger partial charge on any atom is 0.252 e. The number of nitrogens with zero attached hydrogens (tertiary/aromatic N) is 1. The third kappa shape index (κ3) is 4.58. The fourth-order valence-corrected chi connectivity index (χ4v) is 3.30. The largest absolute Gasteiger partial charge is 0.503 e. The van der Waals surface area contributed by atoms with Crippen molar-refractivity contribution >= 4 is 28.1 Å². The smallest absolute Gasteiger partial charge is 0.252 e. The van der Waals surface area contributed by atoms with Crippen LogP contribution < -0.4 is 10.2 Å². The fraction of sp³-hybridized carbons (Fsp3) is 0.0909. The van der Waals surface area contributed by atoms with Gasteiger partial charge in [-0.05, 0) is 44.8 Å². The number of benzene rings is 3. The highest BCUT2D eigenvalue weighted by Crippen LogP contribution is 2.34. The summed E-state index contributed by atoms with van der Waals surface area (Å²) >= 11 is 3.26. The molecule has 0 radical (unpaired) electrons. The monoisotopic (exact) mass is 438 g/mol. The summed E-state index contributed by atoms with van der Waals surface area (Å²) in [5, 5.41) is 14.0. The van der Waals surface area contributed by atoms with Crippen LogP contribution in [0, 0.1) is 0 Å². The van der Waals surface area contributed by atoms with E-state index in [-0.39, 0.29) is 11.7 Å². The van der Waals surface area contributed by atoms with Crippen molar-refractivity contribution in [1.82, 2.24) is 5.43 Å². The molecule has 0 aliphatic carbocycles. The minimum Gasteiger partial charge on any atom is -0.503 e. The number of nitrogens with one attached hydrogen (secondary N) is 1. The van der Waals surface area contributed by atoms with E-state index in [9.17, 15) is 9.90 Å². The lowest BCUT2D eigenvalue weighted by molar-refractivity contribution is -0.121. The van der Waals surface area contributed by atoms with Crippen LogP contribution >= 0.6 is 15.9 Å². The quantitative estimate of drug-likeness (QED) is 0.441. The van der Waals surface area contributed by atoms with Gasteiger partial charge in [0.2, 0.25) is 0 Å². The Morgan fingerprint density at radius 2 is 1.64 bits per heavy atom. The molecule has 0 aliphatic rings. The van der Waals surface area contributed by atoms with Crippen LogP contribution in [0.4, 0.5) is 0 Å². The van der Waals surface area contributed by atoms with E-state index in [0.717, 1.165) is 11.1 Å². The van der Waals surface area contributed by atoms with Crippen molar-refractivity contribution in [2.75, 3.05) is 7.11 Å². The van der Waals surface area contributed by atoms with Crippen LogP contribution in [0.15, 0.2) is 82.4 Å². The number of carbonyl (C=O) groups is 1. The summed E-state index contributed by atoms with van der Waals surface area (Å²) in [6.45, 7) is 0. The topological polar surface area (TPSA) is 70.9 Å². The molecule has 0 spiro atoms. The predicted octanol–water partition coefficient (Wildman–Crippen LogP) is 4.45. The number of hydrogen-bond donors (Lipinski definition) is 2. The third-order valence-corrected chi connectivity index (χ3v) is 4.79. The summed E-state index contributed by atoms with van der Waals surface area (Å²) in [6.07, 6.45) is 1.50. The predicted molar refractivity (Wildman–Crippen MR) is 113 cm³/mol. The molecule has 2 N–H and O–H groups in total. The Bertz CT molecular complexity index is 936. The molecule has 0 saturated carbocycles. The Morgan fingerprint density at radius 3 is 2.18 bits per heavy atom. The molecule has 0 saturated heterocycles. The lowest BCUT2D eigenvalue weighted by Gasteiger charge is -2.16. The second-order valence-electron chi connectivity index (χ2n) is 6.04. The molecule has 28 heavy (non-hydrogen) atoms. The summed E-state index contributed by atoms with van der Waals surface area (Å²) in [6, 6.07) is 22.4. The number of carbonyl (C=O) groups excluding carboxylic acids is 1. The normalized spacial score (nSPS) is 11.0. The van der Waals surface area contributed by atoms with E-state index >= 15 is 0 Å². The highest BCUT2D eigenvalue weighted by atomic mass is 79.9. The van der Waals surface area contributed by atoms with E-state index in [1.165, 1.54) is 13.3 Å². The molecule has 6 heteroatoms. The van der Waals surface area contributed by atoms with Crippen molar-refractivity contribution in [3.8, 4) is 11.5 Å². The first-order valence-electron chi connectivity index (χ1n) is 8.59. The standard InChI is InChI=1S/C22H19BrN2O3/c1-28-19-13-15(12-18(23)21(19)26)14-24-25-22(27)20(16-8-4-2-5-9-16)17-10-6-3-7-11-17/h2-14,20,26H,1H3,(H,25,27)/b24-14+. The summed E-state index contributed by atoms with van der Waals surface area (Å²) in [7, 11) is 1.47. The zero-order valence-corrected chi connectivity index (χ0v) is 16.8. The van der Waals surface area contributed by atoms with Gasteiger partial charge >= 0.3 is 0 Å². The number of hydrazone groups is 1. The van der Waals surface area contributed by atoms with Gasteiger partial charge in [-0.2, -0.15) is 5.10 Å². The molecule has 5 nitrogen and oxygen atoms in total. The number of amides is 1. The van der Waals surface area contributed by atoms with Gasteiger partial charge in [-0.3, -0.25) is 4.79 Å². The van der Waals surface area contributed by atoms with Crippen molar-refractivity contribution in [2.24, 2.45) is 5.10 Å². The minimum atomic E-state index is -0.472. The van der Waals surface area contributed by atoms with E-state index in [1.54, 1.807) is 12.1 Å². The van der Waals surface area contributed by atoms with Gasteiger partial charge in [-0.15, -0.1) is 0 Å². The molecule has 0 aliphatic heterocycles. The molecular weight excluding hydrogens is 420 g/mol. The number of hydrogen-bond acceptors (Lipinski definition) is 4. The van der Waals surface area contributed by atoms with Gasteiger partial charge in [0.15, 0.2) is 11.5 Å². The molecule has 3 aromatic rings. The molecule has 3 rings (SSSR count). The van der Waals surface area contributed by atoms with Crippen molar-refractivity contribution in [3.05, 3.63) is 94.0 Å². The number of halogens is 1. The number of phenols is 1. The average molecular weight is 439 g/mol. The first-order chi connectivity index (χ1) is 13.6. The SMILES string of the molecule is COc1cc(/C=N/NC(=O)C(c2ccccc2)c2ccccc2)cc(Br)c1O. The van der Waals surface area contributed by atoms with Crippen LogP contribution in [0.2, 0.25) is 0 Å². The second-order valence-corrected chi connectivity index (χ2v) is 6.90. The van der Waals surface area contributed by atoms with E-state index < -0.39 is 5.92 Å². The van der Waals surface area contributed by atoms with E-state index in [0.29, 0.717) is 15.8 Å². The molecule has 0 fully saturated rings. The Morgan fingerprint density at radius 1 is 1.07 bits per heavy atom. The number of methoxy groups -OCH3 is 1. The van der Waals surface area contributed by atoms with Crippen molar-refractivity contribution in [3.63, 3.8) is 0 Å². The van der Waals surface area contributed by atoms with Crippen molar-refractivity contribution in [1.29, 1.82) is 0 Å². The van der Waals surface area contributed by atoms with Crippen molar-refractivity contribution in [2.45, 2.75) is 5.92 Å². The minimum absolute atomic E-state index is 0.0110. The molecule has 0 unspecified atom stereocenters. The van der Waals surface area contributed by atoms with Crippen LogP contribution in [0.25, 0.3) is 0 Å².